The Kier molecular flexibility index (Phi) is 4.73. The second kappa shape index (κ2) is 6.35. The Morgan fingerprint density at radius 1 is 1.10 bits per heavy atom. The highest BCUT2D eigenvalue weighted by atomic mass is 79.9. The molecular formula is C16H14BrF2NO. The van der Waals surface area contributed by atoms with E-state index in [-0.39, 0.29) is 17.6 Å². The molecule has 2 rings (SSSR count). The highest BCUT2D eigenvalue weighted by Crippen LogP contribution is 2.33. The third kappa shape index (κ3) is 3.47. The zero-order chi connectivity index (χ0) is 15.6. The topological polar surface area (TPSA) is 29.1 Å². The normalized spacial score (nSPS) is 10.8. The van der Waals surface area contributed by atoms with Crippen LogP contribution in [0.25, 0.3) is 0 Å². The summed E-state index contributed by atoms with van der Waals surface area (Å²) >= 11 is 3.33. The van der Waals surface area contributed by atoms with Gasteiger partial charge in [0.15, 0.2) is 0 Å². The minimum Gasteiger partial charge on any atom is -0.321 e. The molecule has 0 saturated carbocycles. The largest absolute Gasteiger partial charge is 0.321 e. The molecule has 0 fully saturated rings. The third-order valence-electron chi connectivity index (χ3n) is 3.06. The molecule has 21 heavy (non-hydrogen) atoms. The number of carbonyl (C=O) groups is 1. The van der Waals surface area contributed by atoms with Gasteiger partial charge in [-0.25, -0.2) is 8.78 Å². The Balaban J connectivity index is 2.29. The van der Waals surface area contributed by atoms with Crippen LogP contribution in [0.4, 0.5) is 14.5 Å². The average Bonchev–Trinajstić information content (AvgIpc) is 2.42. The summed E-state index contributed by atoms with van der Waals surface area (Å²) in [4.78, 5) is 12.1. The first kappa shape index (κ1) is 15.6. The van der Waals surface area contributed by atoms with Gasteiger partial charge in [0.2, 0.25) is 0 Å². The van der Waals surface area contributed by atoms with Crippen LogP contribution in [-0.2, 0) is 0 Å². The van der Waals surface area contributed by atoms with Crippen LogP contribution in [0, 0.1) is 11.6 Å². The number of amides is 1. The van der Waals surface area contributed by atoms with Crippen molar-refractivity contribution in [2.45, 2.75) is 19.8 Å². The van der Waals surface area contributed by atoms with E-state index in [1.54, 1.807) is 0 Å². The number of benzene rings is 2. The van der Waals surface area contributed by atoms with Crippen molar-refractivity contribution in [3.8, 4) is 0 Å². The lowest BCUT2D eigenvalue weighted by Gasteiger charge is -2.14. The van der Waals surface area contributed by atoms with Crippen LogP contribution < -0.4 is 5.32 Å². The monoisotopic (exact) mass is 353 g/mol. The maximum atomic E-state index is 13.8. The molecule has 0 aromatic heterocycles. The standard InChI is InChI=1S/C16H14BrF2NO/c1-9(2)14-12(19)7-8-13(15(14)17)20-16(21)10-3-5-11(18)6-4-10/h3-9H,1-2H3,(H,20,21). The van der Waals surface area contributed by atoms with Crippen LogP contribution >= 0.6 is 15.9 Å². The molecule has 0 aliphatic heterocycles. The average molecular weight is 354 g/mol. The molecule has 0 unspecified atom stereocenters. The number of carbonyl (C=O) groups excluding carboxylic acids is 1. The van der Waals surface area contributed by atoms with Gasteiger partial charge in [-0.1, -0.05) is 13.8 Å². The lowest BCUT2D eigenvalue weighted by atomic mass is 10.0. The zero-order valence-corrected chi connectivity index (χ0v) is 13.2. The van der Waals surface area contributed by atoms with E-state index in [4.69, 9.17) is 0 Å². The molecule has 5 heteroatoms. The summed E-state index contributed by atoms with van der Waals surface area (Å²) in [6.07, 6.45) is 0. The van der Waals surface area contributed by atoms with Gasteiger partial charge in [0.25, 0.3) is 5.91 Å². The van der Waals surface area contributed by atoms with E-state index < -0.39 is 5.82 Å². The van der Waals surface area contributed by atoms with Crippen molar-refractivity contribution in [2.24, 2.45) is 0 Å². The first-order valence-corrected chi connectivity index (χ1v) is 7.24. The maximum absolute atomic E-state index is 13.8. The molecule has 0 heterocycles. The number of halogens is 3. The zero-order valence-electron chi connectivity index (χ0n) is 11.6. The Hall–Kier alpha value is -1.75. The van der Waals surface area contributed by atoms with Gasteiger partial charge < -0.3 is 5.32 Å². The molecule has 0 radical (unpaired) electrons. The van der Waals surface area contributed by atoms with Crippen molar-refractivity contribution >= 4 is 27.5 Å². The lowest BCUT2D eigenvalue weighted by molar-refractivity contribution is 0.102. The highest BCUT2D eigenvalue weighted by molar-refractivity contribution is 9.10. The van der Waals surface area contributed by atoms with Gasteiger partial charge in [0.05, 0.1) is 5.69 Å². The van der Waals surface area contributed by atoms with Crippen LogP contribution in [0.3, 0.4) is 0 Å². The SMILES string of the molecule is CC(C)c1c(F)ccc(NC(=O)c2ccc(F)cc2)c1Br. The minimum absolute atomic E-state index is 0.0259. The number of nitrogens with one attached hydrogen (secondary N) is 1. The molecule has 2 aromatic carbocycles. The van der Waals surface area contributed by atoms with Crippen molar-refractivity contribution < 1.29 is 13.6 Å². The van der Waals surface area contributed by atoms with E-state index in [9.17, 15) is 13.6 Å². The smallest absolute Gasteiger partial charge is 0.255 e. The fourth-order valence-corrected chi connectivity index (χ4v) is 2.87. The predicted octanol–water partition coefficient (Wildman–Crippen LogP) is 5.10. The second-order valence-corrected chi connectivity index (χ2v) is 5.73. The summed E-state index contributed by atoms with van der Waals surface area (Å²) in [5, 5.41) is 2.69. The number of rotatable bonds is 3. The van der Waals surface area contributed by atoms with Crippen molar-refractivity contribution in [1.82, 2.24) is 0 Å². The van der Waals surface area contributed by atoms with Gasteiger partial charge in [-0.15, -0.1) is 0 Å². The van der Waals surface area contributed by atoms with Crippen molar-refractivity contribution in [3.63, 3.8) is 0 Å². The molecule has 0 aliphatic rings. The Bertz CT molecular complexity index is 669. The van der Waals surface area contributed by atoms with Gasteiger partial charge in [-0.05, 0) is 58.2 Å². The summed E-state index contributed by atoms with van der Waals surface area (Å²) < 4.78 is 27.2. The van der Waals surface area contributed by atoms with Crippen molar-refractivity contribution in [3.05, 3.63) is 63.6 Å². The lowest BCUT2D eigenvalue weighted by Crippen LogP contribution is -2.13. The van der Waals surface area contributed by atoms with E-state index in [1.807, 2.05) is 13.8 Å². The van der Waals surface area contributed by atoms with Gasteiger partial charge in [0, 0.05) is 15.6 Å². The molecule has 1 N–H and O–H groups in total. The molecule has 0 atom stereocenters. The summed E-state index contributed by atoms with van der Waals surface area (Å²) in [6.45, 7) is 3.74. The number of hydrogen-bond acceptors (Lipinski definition) is 1. The van der Waals surface area contributed by atoms with Crippen molar-refractivity contribution in [2.75, 3.05) is 5.32 Å². The first-order valence-electron chi connectivity index (χ1n) is 6.45. The molecule has 1 amide bonds. The number of hydrogen-bond donors (Lipinski definition) is 1. The summed E-state index contributed by atoms with van der Waals surface area (Å²) in [7, 11) is 0. The molecule has 0 spiro atoms. The maximum Gasteiger partial charge on any atom is 0.255 e. The van der Waals surface area contributed by atoms with E-state index >= 15 is 0 Å². The van der Waals surface area contributed by atoms with Gasteiger partial charge >= 0.3 is 0 Å². The predicted molar refractivity (Wildman–Crippen MR) is 82.5 cm³/mol. The quantitative estimate of drug-likeness (QED) is 0.816. The van der Waals surface area contributed by atoms with Crippen LogP contribution in [0.1, 0.15) is 35.7 Å². The van der Waals surface area contributed by atoms with Crippen LogP contribution in [-0.4, -0.2) is 5.91 Å². The van der Waals surface area contributed by atoms with Crippen LogP contribution in [0.5, 0.6) is 0 Å². The Morgan fingerprint density at radius 3 is 2.29 bits per heavy atom. The fourth-order valence-electron chi connectivity index (χ4n) is 1.99. The molecule has 0 bridgehead atoms. The Morgan fingerprint density at radius 2 is 1.71 bits per heavy atom. The molecule has 2 aromatic rings. The summed E-state index contributed by atoms with van der Waals surface area (Å²) in [5.74, 6) is -1.13. The highest BCUT2D eigenvalue weighted by Gasteiger charge is 2.16. The number of anilines is 1. The fraction of sp³-hybridized carbons (Fsp3) is 0.188. The van der Waals surface area contributed by atoms with E-state index in [2.05, 4.69) is 21.2 Å². The van der Waals surface area contributed by atoms with Gasteiger partial charge in [-0.3, -0.25) is 4.79 Å². The molecule has 0 saturated heterocycles. The molecule has 2 nitrogen and oxygen atoms in total. The van der Waals surface area contributed by atoms with E-state index in [0.29, 0.717) is 21.3 Å². The van der Waals surface area contributed by atoms with Crippen LogP contribution in [0.2, 0.25) is 0 Å². The van der Waals surface area contributed by atoms with Crippen molar-refractivity contribution in [1.29, 1.82) is 0 Å². The van der Waals surface area contributed by atoms with E-state index in [1.165, 1.54) is 36.4 Å². The van der Waals surface area contributed by atoms with Crippen LogP contribution in [0.15, 0.2) is 40.9 Å². The minimum atomic E-state index is -0.406. The Labute approximate surface area is 130 Å². The summed E-state index contributed by atoms with van der Waals surface area (Å²) in [5.41, 5.74) is 1.32. The van der Waals surface area contributed by atoms with Gasteiger partial charge in [0.1, 0.15) is 11.6 Å². The third-order valence-corrected chi connectivity index (χ3v) is 3.91. The molecule has 0 aliphatic carbocycles. The van der Waals surface area contributed by atoms with Gasteiger partial charge in [-0.2, -0.15) is 0 Å². The molecular weight excluding hydrogens is 340 g/mol. The second-order valence-electron chi connectivity index (χ2n) is 4.94. The first-order chi connectivity index (χ1) is 9.90. The summed E-state index contributed by atoms with van der Waals surface area (Å²) in [6, 6.07) is 8.03. The molecule has 110 valence electrons. The van der Waals surface area contributed by atoms with E-state index in [0.717, 1.165) is 0 Å².